The molecule has 0 radical (unpaired) electrons. The number of amides is 1. The van der Waals surface area contributed by atoms with E-state index in [4.69, 9.17) is 4.74 Å². The van der Waals surface area contributed by atoms with Crippen molar-refractivity contribution in [3.63, 3.8) is 0 Å². The summed E-state index contributed by atoms with van der Waals surface area (Å²) in [4.78, 5) is 15.7. The smallest absolute Gasteiger partial charge is 0.412 e. The van der Waals surface area contributed by atoms with Crippen LogP contribution in [0.15, 0.2) is 12.1 Å². The summed E-state index contributed by atoms with van der Waals surface area (Å²) in [7, 11) is 2.01. The van der Waals surface area contributed by atoms with Gasteiger partial charge in [0.25, 0.3) is 0 Å². The lowest BCUT2D eigenvalue weighted by Crippen LogP contribution is -2.44. The molecule has 5 nitrogen and oxygen atoms in total. The van der Waals surface area contributed by atoms with E-state index in [9.17, 15) is 13.6 Å². The summed E-state index contributed by atoms with van der Waals surface area (Å²) in [5, 5.41) is 2.13. The molecule has 0 bridgehead atoms. The van der Waals surface area contributed by atoms with Crippen LogP contribution >= 0.6 is 0 Å². The van der Waals surface area contributed by atoms with E-state index in [0.717, 1.165) is 13.1 Å². The molecule has 7 heteroatoms. The van der Waals surface area contributed by atoms with E-state index in [0.29, 0.717) is 18.8 Å². The largest absolute Gasteiger partial charge is 0.444 e. The van der Waals surface area contributed by atoms with Crippen LogP contribution in [0.2, 0.25) is 0 Å². The highest BCUT2D eigenvalue weighted by Crippen LogP contribution is 2.27. The fourth-order valence-electron chi connectivity index (χ4n) is 2.33. The second-order valence-electron chi connectivity index (χ2n) is 6.70. The monoisotopic (exact) mass is 327 g/mol. The molecule has 0 aliphatic carbocycles. The van der Waals surface area contributed by atoms with Crippen LogP contribution in [0.5, 0.6) is 0 Å². The summed E-state index contributed by atoms with van der Waals surface area (Å²) < 4.78 is 33.4. The molecule has 1 aromatic rings. The summed E-state index contributed by atoms with van der Waals surface area (Å²) in [5.74, 6) is -1.63. The van der Waals surface area contributed by atoms with Crippen molar-refractivity contribution in [2.45, 2.75) is 26.4 Å². The number of nitrogens with one attached hydrogen (secondary N) is 1. The molecule has 1 N–H and O–H groups in total. The number of ether oxygens (including phenoxy) is 1. The summed E-state index contributed by atoms with van der Waals surface area (Å²) >= 11 is 0. The van der Waals surface area contributed by atoms with Gasteiger partial charge in [-0.15, -0.1) is 0 Å². The van der Waals surface area contributed by atoms with E-state index in [1.165, 1.54) is 12.1 Å². The average Bonchev–Trinajstić information content (AvgIpc) is 2.41. The van der Waals surface area contributed by atoms with Gasteiger partial charge in [0, 0.05) is 31.9 Å². The van der Waals surface area contributed by atoms with Gasteiger partial charge in [0.05, 0.1) is 0 Å². The lowest BCUT2D eigenvalue weighted by atomic mass is 10.2. The lowest BCUT2D eigenvalue weighted by Gasteiger charge is -2.34. The van der Waals surface area contributed by atoms with Crippen molar-refractivity contribution in [1.82, 2.24) is 4.90 Å². The van der Waals surface area contributed by atoms with Crippen LogP contribution in [-0.2, 0) is 4.74 Å². The number of carbonyl (C=O) groups is 1. The first-order valence-electron chi connectivity index (χ1n) is 7.58. The Balaban J connectivity index is 2.13. The van der Waals surface area contributed by atoms with Crippen molar-refractivity contribution in [3.05, 3.63) is 23.8 Å². The fourth-order valence-corrected chi connectivity index (χ4v) is 2.33. The number of benzene rings is 1. The SMILES string of the molecule is CN1CCN(c2cc(F)c(NC(=O)OC(C)(C)C)c(F)c2)CC1. The van der Waals surface area contributed by atoms with Crippen molar-refractivity contribution in [1.29, 1.82) is 0 Å². The molecular weight excluding hydrogens is 304 g/mol. The van der Waals surface area contributed by atoms with Crippen LogP contribution in [0.25, 0.3) is 0 Å². The van der Waals surface area contributed by atoms with E-state index >= 15 is 0 Å². The average molecular weight is 327 g/mol. The highest BCUT2D eigenvalue weighted by atomic mass is 19.1. The summed E-state index contributed by atoms with van der Waals surface area (Å²) in [6, 6.07) is 2.47. The van der Waals surface area contributed by atoms with Gasteiger partial charge in [-0.3, -0.25) is 5.32 Å². The quantitative estimate of drug-likeness (QED) is 0.907. The molecule has 128 valence electrons. The van der Waals surface area contributed by atoms with Crippen LogP contribution in [0, 0.1) is 11.6 Å². The third-order valence-electron chi connectivity index (χ3n) is 3.52. The summed E-state index contributed by atoms with van der Waals surface area (Å²) in [5.41, 5.74) is -0.753. The molecular formula is C16H23F2N3O2. The highest BCUT2D eigenvalue weighted by molar-refractivity contribution is 5.85. The molecule has 2 rings (SSSR count). The molecule has 1 saturated heterocycles. The maximum Gasteiger partial charge on any atom is 0.412 e. The van der Waals surface area contributed by atoms with Crippen LogP contribution in [0.3, 0.4) is 0 Å². The molecule has 1 aliphatic rings. The van der Waals surface area contributed by atoms with Gasteiger partial charge in [-0.2, -0.15) is 0 Å². The van der Waals surface area contributed by atoms with Crippen molar-refractivity contribution in [2.75, 3.05) is 43.4 Å². The van der Waals surface area contributed by atoms with Gasteiger partial charge < -0.3 is 14.5 Å². The van der Waals surface area contributed by atoms with Crippen molar-refractivity contribution in [2.24, 2.45) is 0 Å². The van der Waals surface area contributed by atoms with Gasteiger partial charge in [0.1, 0.15) is 11.3 Å². The molecule has 23 heavy (non-hydrogen) atoms. The topological polar surface area (TPSA) is 44.8 Å². The molecule has 1 heterocycles. The Hall–Kier alpha value is -1.89. The standard InChI is InChI=1S/C16H23F2N3O2/c1-16(2,3)23-15(22)19-14-12(17)9-11(10-13(14)18)21-7-5-20(4)6-8-21/h9-10H,5-8H2,1-4H3,(H,19,22). The molecule has 1 fully saturated rings. The van der Waals surface area contributed by atoms with Crippen LogP contribution in [0.4, 0.5) is 25.0 Å². The lowest BCUT2D eigenvalue weighted by molar-refractivity contribution is 0.0634. The first kappa shape index (κ1) is 17.5. The Morgan fingerprint density at radius 1 is 1.13 bits per heavy atom. The number of halogens is 2. The van der Waals surface area contributed by atoms with E-state index in [2.05, 4.69) is 10.2 Å². The van der Waals surface area contributed by atoms with Crippen LogP contribution in [-0.4, -0.2) is 49.8 Å². The van der Waals surface area contributed by atoms with Crippen molar-refractivity contribution >= 4 is 17.5 Å². The molecule has 1 amide bonds. The van der Waals surface area contributed by atoms with Crippen LogP contribution < -0.4 is 10.2 Å². The van der Waals surface area contributed by atoms with E-state index in [-0.39, 0.29) is 0 Å². The Morgan fingerprint density at radius 3 is 2.13 bits per heavy atom. The number of rotatable bonds is 2. The van der Waals surface area contributed by atoms with Crippen molar-refractivity contribution in [3.8, 4) is 0 Å². The van der Waals surface area contributed by atoms with E-state index in [1.54, 1.807) is 20.8 Å². The Bertz CT molecular complexity index is 556. The summed E-state index contributed by atoms with van der Waals surface area (Å²) in [6.07, 6.45) is -0.886. The van der Waals surface area contributed by atoms with Crippen LogP contribution in [0.1, 0.15) is 20.8 Å². The van der Waals surface area contributed by atoms with Gasteiger partial charge >= 0.3 is 6.09 Å². The maximum absolute atomic E-state index is 14.2. The second kappa shape index (κ2) is 6.70. The molecule has 0 saturated carbocycles. The maximum atomic E-state index is 14.2. The number of piperazine rings is 1. The first-order valence-corrected chi connectivity index (χ1v) is 7.58. The predicted octanol–water partition coefficient (Wildman–Crippen LogP) is 3.06. The van der Waals surface area contributed by atoms with Gasteiger partial charge in [0.15, 0.2) is 11.6 Å². The molecule has 1 aromatic carbocycles. The number of carbonyl (C=O) groups excluding carboxylic acids is 1. The molecule has 0 aromatic heterocycles. The van der Waals surface area contributed by atoms with Crippen molar-refractivity contribution < 1.29 is 18.3 Å². The number of nitrogens with zero attached hydrogens (tertiary/aromatic N) is 2. The predicted molar refractivity (Wildman–Crippen MR) is 85.9 cm³/mol. The third-order valence-corrected chi connectivity index (χ3v) is 3.52. The zero-order chi connectivity index (χ0) is 17.2. The number of hydrogen-bond donors (Lipinski definition) is 1. The second-order valence-corrected chi connectivity index (χ2v) is 6.70. The zero-order valence-corrected chi connectivity index (χ0v) is 13.9. The van der Waals surface area contributed by atoms with Gasteiger partial charge in [0.2, 0.25) is 0 Å². The molecule has 0 atom stereocenters. The van der Waals surface area contributed by atoms with Gasteiger partial charge in [-0.25, -0.2) is 13.6 Å². The normalized spacial score (nSPS) is 16.3. The number of anilines is 2. The minimum absolute atomic E-state index is 0.475. The molecule has 0 unspecified atom stereocenters. The minimum atomic E-state index is -0.886. The summed E-state index contributed by atoms with van der Waals surface area (Å²) in [6.45, 7) is 8.10. The Kier molecular flexibility index (Phi) is 5.09. The highest BCUT2D eigenvalue weighted by Gasteiger charge is 2.22. The van der Waals surface area contributed by atoms with Gasteiger partial charge in [-0.05, 0) is 40.0 Å². The van der Waals surface area contributed by atoms with Gasteiger partial charge in [-0.1, -0.05) is 0 Å². The Labute approximate surface area is 135 Å². The first-order chi connectivity index (χ1) is 10.7. The number of likely N-dealkylation sites (N-methyl/N-ethyl adjacent to an activating group) is 1. The third kappa shape index (κ3) is 4.79. The Morgan fingerprint density at radius 2 is 1.65 bits per heavy atom. The molecule has 1 aliphatic heterocycles. The fraction of sp³-hybridized carbons (Fsp3) is 0.562. The molecule has 0 spiro atoms. The van der Waals surface area contributed by atoms with E-state index in [1.807, 2.05) is 11.9 Å². The number of hydrogen-bond acceptors (Lipinski definition) is 4. The zero-order valence-electron chi connectivity index (χ0n) is 13.9. The van der Waals surface area contributed by atoms with E-state index < -0.39 is 29.0 Å². The minimum Gasteiger partial charge on any atom is -0.444 e.